The quantitative estimate of drug-likeness (QED) is 0.488. The number of imide groups is 1. The molecular weight excluding hydrogens is 396 g/mol. The van der Waals surface area contributed by atoms with Crippen LogP contribution in [0.5, 0.6) is 5.75 Å². The van der Waals surface area contributed by atoms with Crippen molar-refractivity contribution in [3.05, 3.63) is 29.8 Å². The minimum atomic E-state index is -0.605. The molecule has 4 bridgehead atoms. The lowest BCUT2D eigenvalue weighted by atomic mass is 9.53. The van der Waals surface area contributed by atoms with E-state index in [1.54, 1.807) is 0 Å². The van der Waals surface area contributed by atoms with Crippen molar-refractivity contribution in [2.75, 3.05) is 13.2 Å². The Morgan fingerprint density at radius 2 is 1.61 bits per heavy atom. The average molecular weight is 429 g/mol. The highest BCUT2D eigenvalue weighted by atomic mass is 16.5. The van der Waals surface area contributed by atoms with Gasteiger partial charge in [-0.2, -0.15) is 0 Å². The fraction of sp³-hybridized carbons (Fsp3) is 0.625. The average Bonchev–Trinajstić information content (AvgIpc) is 2.69. The summed E-state index contributed by atoms with van der Waals surface area (Å²) in [6, 6.07) is 7.21. The second-order valence-electron chi connectivity index (χ2n) is 9.63. The summed E-state index contributed by atoms with van der Waals surface area (Å²) < 4.78 is 10.5. The molecule has 168 valence electrons. The van der Waals surface area contributed by atoms with Gasteiger partial charge in [-0.1, -0.05) is 17.7 Å². The highest BCUT2D eigenvalue weighted by Crippen LogP contribution is 2.55. The van der Waals surface area contributed by atoms with E-state index < -0.39 is 24.5 Å². The highest BCUT2D eigenvalue weighted by Gasteiger charge is 2.51. The number of urea groups is 1. The van der Waals surface area contributed by atoms with Gasteiger partial charge in [0.1, 0.15) is 5.75 Å². The Kier molecular flexibility index (Phi) is 6.49. The van der Waals surface area contributed by atoms with E-state index in [0.29, 0.717) is 30.8 Å². The van der Waals surface area contributed by atoms with Crippen LogP contribution in [0.25, 0.3) is 0 Å². The van der Waals surface area contributed by atoms with Crippen molar-refractivity contribution in [2.45, 2.75) is 63.8 Å². The number of aryl methyl sites for hydroxylation is 1. The largest absolute Gasteiger partial charge is 0.494 e. The highest BCUT2D eigenvalue weighted by molar-refractivity contribution is 5.95. The van der Waals surface area contributed by atoms with Gasteiger partial charge in [-0.3, -0.25) is 14.9 Å². The van der Waals surface area contributed by atoms with Crippen LogP contribution < -0.4 is 15.4 Å². The topological polar surface area (TPSA) is 93.7 Å². The monoisotopic (exact) mass is 428 g/mol. The third-order valence-corrected chi connectivity index (χ3v) is 6.85. The Morgan fingerprint density at radius 3 is 2.23 bits per heavy atom. The third-order valence-electron chi connectivity index (χ3n) is 6.85. The van der Waals surface area contributed by atoms with E-state index >= 15 is 0 Å². The van der Waals surface area contributed by atoms with E-state index in [9.17, 15) is 14.4 Å². The SMILES string of the molecule is Cc1ccc(OCCCC(=O)OCC(=O)NC(=O)NC23CC4CC(CC(C4)C2)C3)cc1. The lowest BCUT2D eigenvalue weighted by molar-refractivity contribution is -0.148. The first-order valence-electron chi connectivity index (χ1n) is 11.4. The Morgan fingerprint density at radius 1 is 1.00 bits per heavy atom. The fourth-order valence-corrected chi connectivity index (χ4v) is 5.96. The van der Waals surface area contributed by atoms with E-state index in [0.717, 1.165) is 30.6 Å². The summed E-state index contributed by atoms with van der Waals surface area (Å²) in [5.41, 5.74) is 0.994. The molecule has 7 heteroatoms. The second kappa shape index (κ2) is 9.28. The van der Waals surface area contributed by atoms with Crippen LogP contribution in [0.3, 0.4) is 0 Å². The Labute approximate surface area is 183 Å². The smallest absolute Gasteiger partial charge is 0.321 e. The number of nitrogens with one attached hydrogen (secondary N) is 2. The van der Waals surface area contributed by atoms with Crippen LogP contribution >= 0.6 is 0 Å². The van der Waals surface area contributed by atoms with Gasteiger partial charge >= 0.3 is 12.0 Å². The minimum Gasteiger partial charge on any atom is -0.494 e. The van der Waals surface area contributed by atoms with Gasteiger partial charge in [0.15, 0.2) is 6.61 Å². The summed E-state index contributed by atoms with van der Waals surface area (Å²) in [5, 5.41) is 5.39. The molecule has 2 N–H and O–H groups in total. The molecule has 3 amide bonds. The zero-order chi connectivity index (χ0) is 21.8. The van der Waals surface area contributed by atoms with E-state index in [-0.39, 0.29) is 12.0 Å². The van der Waals surface area contributed by atoms with E-state index in [4.69, 9.17) is 9.47 Å². The van der Waals surface area contributed by atoms with E-state index in [2.05, 4.69) is 10.6 Å². The molecule has 7 nitrogen and oxygen atoms in total. The molecule has 0 saturated heterocycles. The maximum absolute atomic E-state index is 12.3. The van der Waals surface area contributed by atoms with E-state index in [1.807, 2.05) is 31.2 Å². The predicted molar refractivity (Wildman–Crippen MR) is 114 cm³/mol. The maximum Gasteiger partial charge on any atom is 0.321 e. The molecular formula is C24H32N2O5. The third kappa shape index (κ3) is 5.77. The normalized spacial score (nSPS) is 28.1. The molecule has 0 spiro atoms. The van der Waals surface area contributed by atoms with Crippen LogP contribution in [-0.4, -0.2) is 36.7 Å². The molecule has 4 aliphatic rings. The van der Waals surface area contributed by atoms with Gasteiger partial charge in [0.25, 0.3) is 5.91 Å². The minimum absolute atomic E-state index is 0.151. The molecule has 0 atom stereocenters. The van der Waals surface area contributed by atoms with E-state index in [1.165, 1.54) is 19.3 Å². The van der Waals surface area contributed by atoms with Crippen LogP contribution in [0.1, 0.15) is 56.9 Å². The number of esters is 1. The molecule has 4 fully saturated rings. The molecule has 1 aromatic rings. The lowest BCUT2D eigenvalue weighted by Crippen LogP contribution is -2.62. The number of hydrogen-bond acceptors (Lipinski definition) is 5. The molecule has 0 radical (unpaired) electrons. The van der Waals surface area contributed by atoms with Crippen LogP contribution in [0, 0.1) is 24.7 Å². The van der Waals surface area contributed by atoms with Gasteiger partial charge in [0.2, 0.25) is 0 Å². The number of ether oxygens (including phenoxy) is 2. The van der Waals surface area contributed by atoms with Gasteiger partial charge in [-0.15, -0.1) is 0 Å². The predicted octanol–water partition coefficient (Wildman–Crippen LogP) is 3.49. The number of amides is 3. The zero-order valence-corrected chi connectivity index (χ0v) is 18.2. The van der Waals surface area contributed by atoms with Crippen molar-refractivity contribution in [2.24, 2.45) is 17.8 Å². The summed E-state index contributed by atoms with van der Waals surface area (Å²) in [5.74, 6) is 1.79. The molecule has 0 unspecified atom stereocenters. The van der Waals surface area contributed by atoms with Crippen LogP contribution in [0.15, 0.2) is 24.3 Å². The first kappa shape index (κ1) is 21.7. The molecule has 5 rings (SSSR count). The first-order chi connectivity index (χ1) is 14.9. The van der Waals surface area contributed by atoms with Crippen molar-refractivity contribution in [1.29, 1.82) is 0 Å². The fourth-order valence-electron chi connectivity index (χ4n) is 5.96. The van der Waals surface area contributed by atoms with Gasteiger partial charge in [-0.05, 0) is 81.8 Å². The molecule has 31 heavy (non-hydrogen) atoms. The summed E-state index contributed by atoms with van der Waals surface area (Å²) in [4.78, 5) is 36.2. The standard InChI is InChI=1S/C24H32N2O5/c1-16-4-6-20(7-5-16)30-8-2-3-22(28)31-15-21(27)25-23(29)26-24-12-17-9-18(13-24)11-19(10-17)14-24/h4-7,17-19H,2-3,8-15H2,1H3,(H2,25,26,27,29). The molecule has 0 aliphatic heterocycles. The summed E-state index contributed by atoms with van der Waals surface area (Å²) in [6.07, 6.45) is 7.54. The van der Waals surface area contributed by atoms with Crippen molar-refractivity contribution in [3.63, 3.8) is 0 Å². The molecule has 4 aliphatic carbocycles. The Bertz CT molecular complexity index is 784. The zero-order valence-electron chi connectivity index (χ0n) is 18.2. The van der Waals surface area contributed by atoms with Crippen LogP contribution in [0.4, 0.5) is 4.79 Å². The Hall–Kier alpha value is -2.57. The number of hydrogen-bond donors (Lipinski definition) is 2. The van der Waals surface area contributed by atoms with Gasteiger partial charge < -0.3 is 14.8 Å². The van der Waals surface area contributed by atoms with Gasteiger partial charge in [-0.25, -0.2) is 4.79 Å². The lowest BCUT2D eigenvalue weighted by Gasteiger charge is -2.56. The van der Waals surface area contributed by atoms with Crippen molar-refractivity contribution in [3.8, 4) is 5.75 Å². The van der Waals surface area contributed by atoms with Crippen molar-refractivity contribution < 1.29 is 23.9 Å². The summed E-state index contributed by atoms with van der Waals surface area (Å²) in [6.45, 7) is 1.94. The van der Waals surface area contributed by atoms with Crippen LogP contribution in [0.2, 0.25) is 0 Å². The number of benzene rings is 1. The van der Waals surface area contributed by atoms with Crippen molar-refractivity contribution >= 4 is 17.9 Å². The molecule has 0 aromatic heterocycles. The summed E-state index contributed by atoms with van der Waals surface area (Å²) in [7, 11) is 0. The molecule has 1 aromatic carbocycles. The second-order valence-corrected chi connectivity index (χ2v) is 9.63. The molecule has 0 heterocycles. The van der Waals surface area contributed by atoms with Crippen molar-refractivity contribution in [1.82, 2.24) is 10.6 Å². The maximum atomic E-state index is 12.3. The molecule has 4 saturated carbocycles. The number of carbonyl (C=O) groups excluding carboxylic acids is 3. The number of carbonyl (C=O) groups is 3. The Balaban J connectivity index is 1.10. The first-order valence-corrected chi connectivity index (χ1v) is 11.4. The number of rotatable bonds is 8. The van der Waals surface area contributed by atoms with Gasteiger partial charge in [0, 0.05) is 12.0 Å². The summed E-state index contributed by atoms with van der Waals surface area (Å²) >= 11 is 0. The van der Waals surface area contributed by atoms with Gasteiger partial charge in [0.05, 0.1) is 6.61 Å². The van der Waals surface area contributed by atoms with Crippen LogP contribution in [-0.2, 0) is 14.3 Å².